The molecule has 0 spiro atoms. The molecular weight excluding hydrogens is 358 g/mol. The monoisotopic (exact) mass is 385 g/mol. The van der Waals surface area contributed by atoms with Crippen LogP contribution in [0.15, 0.2) is 48.5 Å². The molecule has 0 aliphatic carbocycles. The van der Waals surface area contributed by atoms with E-state index in [1.54, 1.807) is 31.4 Å². The zero-order valence-electron chi connectivity index (χ0n) is 16.3. The summed E-state index contributed by atoms with van der Waals surface area (Å²) in [5, 5.41) is 8.66. The predicted octanol–water partition coefficient (Wildman–Crippen LogP) is 2.90. The normalized spacial score (nSPS) is 10.2. The number of nitrogens with one attached hydrogen (secondary N) is 3. The van der Waals surface area contributed by atoms with Gasteiger partial charge in [0.2, 0.25) is 5.91 Å². The van der Waals surface area contributed by atoms with Gasteiger partial charge in [0.1, 0.15) is 5.75 Å². The smallest absolute Gasteiger partial charge is 0.251 e. The molecule has 0 bridgehead atoms. The van der Waals surface area contributed by atoms with Crippen LogP contribution in [-0.4, -0.2) is 45.2 Å². The number of anilines is 2. The van der Waals surface area contributed by atoms with Crippen molar-refractivity contribution < 1.29 is 19.1 Å². The minimum absolute atomic E-state index is 0.113. The molecule has 28 heavy (non-hydrogen) atoms. The van der Waals surface area contributed by atoms with Crippen LogP contribution in [0.2, 0.25) is 0 Å². The molecule has 7 heteroatoms. The number of ether oxygens (including phenoxy) is 2. The van der Waals surface area contributed by atoms with E-state index in [4.69, 9.17) is 9.47 Å². The zero-order chi connectivity index (χ0) is 20.2. The van der Waals surface area contributed by atoms with Gasteiger partial charge in [-0.1, -0.05) is 6.07 Å². The molecule has 0 aliphatic heterocycles. The van der Waals surface area contributed by atoms with E-state index in [-0.39, 0.29) is 18.4 Å². The molecule has 7 nitrogen and oxygen atoms in total. The van der Waals surface area contributed by atoms with Crippen molar-refractivity contribution in [1.82, 2.24) is 5.32 Å². The van der Waals surface area contributed by atoms with E-state index in [9.17, 15) is 9.59 Å². The van der Waals surface area contributed by atoms with E-state index in [0.29, 0.717) is 31.0 Å². The first-order valence-corrected chi connectivity index (χ1v) is 9.26. The number of hydrogen-bond donors (Lipinski definition) is 3. The number of methoxy groups -OCH3 is 1. The number of carbonyl (C=O) groups excluding carboxylic acids is 2. The molecule has 0 aromatic heterocycles. The van der Waals surface area contributed by atoms with Gasteiger partial charge in [-0.15, -0.1) is 0 Å². The topological polar surface area (TPSA) is 88.7 Å². The first kappa shape index (κ1) is 21.2. The van der Waals surface area contributed by atoms with Gasteiger partial charge in [0.25, 0.3) is 5.91 Å². The minimum Gasteiger partial charge on any atom is -0.494 e. The molecular formula is C21H27N3O4. The molecule has 2 aromatic rings. The second kappa shape index (κ2) is 11.6. The lowest BCUT2D eigenvalue weighted by Crippen LogP contribution is -2.25. The Bertz CT molecular complexity index is 763. The van der Waals surface area contributed by atoms with E-state index >= 15 is 0 Å². The number of benzene rings is 2. The van der Waals surface area contributed by atoms with Crippen molar-refractivity contribution in [2.75, 3.05) is 44.0 Å². The standard InChI is InChI=1S/C21H27N3O4/c1-3-28-19-10-8-17(9-11-19)23-15-20(25)24-18-7-4-6-16(14-18)21(26)22-12-5-13-27-2/h4,6-11,14,23H,3,5,12-13,15H2,1-2H3,(H,22,26)(H,24,25). The van der Waals surface area contributed by atoms with Crippen molar-refractivity contribution in [3.05, 3.63) is 54.1 Å². The molecule has 0 atom stereocenters. The van der Waals surface area contributed by atoms with Crippen molar-refractivity contribution in [1.29, 1.82) is 0 Å². The molecule has 3 N–H and O–H groups in total. The molecule has 0 saturated heterocycles. The van der Waals surface area contributed by atoms with E-state index in [0.717, 1.165) is 17.9 Å². The van der Waals surface area contributed by atoms with Gasteiger partial charge in [0.05, 0.1) is 13.2 Å². The Morgan fingerprint density at radius 2 is 1.82 bits per heavy atom. The average molecular weight is 385 g/mol. The highest BCUT2D eigenvalue weighted by Crippen LogP contribution is 2.15. The van der Waals surface area contributed by atoms with E-state index in [2.05, 4.69) is 16.0 Å². The quantitative estimate of drug-likeness (QED) is 0.518. The predicted molar refractivity (Wildman–Crippen MR) is 110 cm³/mol. The van der Waals surface area contributed by atoms with Crippen LogP contribution in [0.4, 0.5) is 11.4 Å². The Kier molecular flexibility index (Phi) is 8.81. The SMILES string of the molecule is CCOc1ccc(NCC(=O)Nc2cccc(C(=O)NCCCOC)c2)cc1. The first-order chi connectivity index (χ1) is 13.6. The van der Waals surface area contributed by atoms with E-state index in [1.807, 2.05) is 31.2 Å². The van der Waals surface area contributed by atoms with E-state index < -0.39 is 0 Å². The van der Waals surface area contributed by atoms with Crippen LogP contribution in [0.25, 0.3) is 0 Å². The molecule has 2 aromatic carbocycles. The van der Waals surface area contributed by atoms with Crippen molar-refractivity contribution in [3.8, 4) is 5.75 Å². The average Bonchev–Trinajstić information content (AvgIpc) is 2.71. The van der Waals surface area contributed by atoms with Crippen LogP contribution in [-0.2, 0) is 9.53 Å². The summed E-state index contributed by atoms with van der Waals surface area (Å²) < 4.78 is 10.3. The van der Waals surface area contributed by atoms with Crippen LogP contribution in [0.5, 0.6) is 5.75 Å². The molecule has 0 aliphatic rings. The van der Waals surface area contributed by atoms with Gasteiger partial charge in [-0.25, -0.2) is 0 Å². The molecule has 0 saturated carbocycles. The maximum Gasteiger partial charge on any atom is 0.251 e. The second-order valence-electron chi connectivity index (χ2n) is 6.04. The number of amides is 2. The van der Waals surface area contributed by atoms with Crippen LogP contribution in [0.3, 0.4) is 0 Å². The summed E-state index contributed by atoms with van der Waals surface area (Å²) in [6.45, 7) is 3.78. The van der Waals surface area contributed by atoms with Gasteiger partial charge in [0, 0.05) is 37.2 Å². The largest absolute Gasteiger partial charge is 0.494 e. The molecule has 2 rings (SSSR count). The lowest BCUT2D eigenvalue weighted by Gasteiger charge is -2.10. The Hall–Kier alpha value is -3.06. The van der Waals surface area contributed by atoms with Crippen LogP contribution >= 0.6 is 0 Å². The maximum atomic E-state index is 12.2. The summed E-state index contributed by atoms with van der Waals surface area (Å²) >= 11 is 0. The zero-order valence-corrected chi connectivity index (χ0v) is 16.3. The lowest BCUT2D eigenvalue weighted by molar-refractivity contribution is -0.114. The molecule has 0 radical (unpaired) electrons. The van der Waals surface area contributed by atoms with Gasteiger partial charge in [-0.05, 0) is 55.8 Å². The number of rotatable bonds is 11. The number of carbonyl (C=O) groups is 2. The summed E-state index contributed by atoms with van der Waals surface area (Å²) in [6.07, 6.45) is 0.746. The van der Waals surface area contributed by atoms with Crippen molar-refractivity contribution >= 4 is 23.2 Å². The fourth-order valence-corrected chi connectivity index (χ4v) is 2.48. The van der Waals surface area contributed by atoms with Gasteiger partial charge in [-0.3, -0.25) is 9.59 Å². The van der Waals surface area contributed by atoms with Crippen LogP contribution < -0.4 is 20.7 Å². The van der Waals surface area contributed by atoms with Gasteiger partial charge >= 0.3 is 0 Å². The fraction of sp³-hybridized carbons (Fsp3) is 0.333. The summed E-state index contributed by atoms with van der Waals surface area (Å²) in [5.41, 5.74) is 1.89. The summed E-state index contributed by atoms with van der Waals surface area (Å²) in [7, 11) is 1.62. The van der Waals surface area contributed by atoms with Gasteiger partial charge in [0.15, 0.2) is 0 Å². The highest BCUT2D eigenvalue weighted by atomic mass is 16.5. The third-order valence-electron chi connectivity index (χ3n) is 3.84. The number of hydrogen-bond acceptors (Lipinski definition) is 5. The second-order valence-corrected chi connectivity index (χ2v) is 6.04. The Labute approximate surface area is 165 Å². The lowest BCUT2D eigenvalue weighted by atomic mass is 10.2. The first-order valence-electron chi connectivity index (χ1n) is 9.26. The third kappa shape index (κ3) is 7.28. The molecule has 0 heterocycles. The van der Waals surface area contributed by atoms with Crippen LogP contribution in [0, 0.1) is 0 Å². The Balaban J connectivity index is 1.82. The van der Waals surface area contributed by atoms with Crippen molar-refractivity contribution in [2.45, 2.75) is 13.3 Å². The minimum atomic E-state index is -0.202. The molecule has 0 unspecified atom stereocenters. The van der Waals surface area contributed by atoms with Gasteiger partial charge in [-0.2, -0.15) is 0 Å². The fourth-order valence-electron chi connectivity index (χ4n) is 2.48. The highest BCUT2D eigenvalue weighted by molar-refractivity contribution is 5.98. The molecule has 150 valence electrons. The van der Waals surface area contributed by atoms with Crippen LogP contribution in [0.1, 0.15) is 23.7 Å². The highest BCUT2D eigenvalue weighted by Gasteiger charge is 2.08. The van der Waals surface area contributed by atoms with Gasteiger partial charge < -0.3 is 25.4 Å². The molecule has 0 fully saturated rings. The molecule has 2 amide bonds. The maximum absolute atomic E-state index is 12.2. The Morgan fingerprint density at radius 1 is 1.04 bits per heavy atom. The summed E-state index contributed by atoms with van der Waals surface area (Å²) in [6, 6.07) is 14.2. The third-order valence-corrected chi connectivity index (χ3v) is 3.84. The van der Waals surface area contributed by atoms with Crippen molar-refractivity contribution in [3.63, 3.8) is 0 Å². The van der Waals surface area contributed by atoms with Crippen molar-refractivity contribution in [2.24, 2.45) is 0 Å². The van der Waals surface area contributed by atoms with E-state index in [1.165, 1.54) is 0 Å². The summed E-state index contributed by atoms with van der Waals surface area (Å²) in [4.78, 5) is 24.3. The Morgan fingerprint density at radius 3 is 2.54 bits per heavy atom. The summed E-state index contributed by atoms with van der Waals surface area (Å²) in [5.74, 6) is 0.404.